The summed E-state index contributed by atoms with van der Waals surface area (Å²) in [6, 6.07) is 7.62. The number of ether oxygens (including phenoxy) is 6. The van der Waals surface area contributed by atoms with Crippen molar-refractivity contribution in [3.8, 4) is 28.7 Å². The zero-order valence-electron chi connectivity index (χ0n) is 23.8. The number of carbonyl (C=O) groups excluding carboxylic acids is 5. The number of esters is 5. The third-order valence-corrected chi connectivity index (χ3v) is 6.10. The van der Waals surface area contributed by atoms with Crippen LogP contribution in [0.3, 0.4) is 0 Å². The van der Waals surface area contributed by atoms with Crippen LogP contribution in [0.1, 0.15) is 83.8 Å². The third kappa shape index (κ3) is 8.06. The van der Waals surface area contributed by atoms with E-state index in [0.717, 1.165) is 0 Å². The van der Waals surface area contributed by atoms with E-state index in [-0.39, 0.29) is 67.3 Å². The molecular formula is C30H34O11. The number of hydrogen-bond donors (Lipinski definition) is 0. The van der Waals surface area contributed by atoms with E-state index in [9.17, 15) is 24.0 Å². The van der Waals surface area contributed by atoms with Gasteiger partial charge in [-0.15, -0.1) is 0 Å². The highest BCUT2D eigenvalue weighted by Gasteiger charge is 2.37. The topological polar surface area (TPSA) is 141 Å². The summed E-state index contributed by atoms with van der Waals surface area (Å²) in [4.78, 5) is 60.7. The molecule has 1 heterocycles. The molecule has 11 heteroatoms. The van der Waals surface area contributed by atoms with Crippen molar-refractivity contribution in [2.45, 2.75) is 85.4 Å². The fraction of sp³-hybridized carbons (Fsp3) is 0.433. The van der Waals surface area contributed by atoms with E-state index in [2.05, 4.69) is 0 Å². The van der Waals surface area contributed by atoms with Crippen molar-refractivity contribution in [3.05, 3.63) is 41.5 Å². The van der Waals surface area contributed by atoms with Crippen molar-refractivity contribution in [2.75, 3.05) is 0 Å². The van der Waals surface area contributed by atoms with Gasteiger partial charge in [-0.2, -0.15) is 0 Å². The highest BCUT2D eigenvalue weighted by molar-refractivity contribution is 5.77. The molecule has 0 fully saturated rings. The average molecular weight is 571 g/mol. The number of carbonyl (C=O) groups is 5. The molecule has 0 amide bonds. The standard InChI is InChI=1S/C30H34O11/c1-6-24(31)36-19-13-18-14-20(17-11-12-21(37-25(32)7-2)22(15-17)38-26(33)8-3)30(40-28(35)10-5)41-29(18)23(16-19)39-27(34)9-4/h11-13,15-16,20,30H,6-10,14H2,1-5H3/t20-,30+/m1/s1. The van der Waals surface area contributed by atoms with Gasteiger partial charge in [-0.05, 0) is 30.2 Å². The molecule has 0 spiro atoms. The second-order valence-corrected chi connectivity index (χ2v) is 9.07. The van der Waals surface area contributed by atoms with Gasteiger partial charge in [-0.1, -0.05) is 40.7 Å². The Balaban J connectivity index is 2.12. The molecular weight excluding hydrogens is 536 g/mol. The number of hydrogen-bond acceptors (Lipinski definition) is 11. The van der Waals surface area contributed by atoms with Crippen LogP contribution in [0.25, 0.3) is 0 Å². The van der Waals surface area contributed by atoms with E-state index < -0.39 is 42.1 Å². The lowest BCUT2D eigenvalue weighted by Crippen LogP contribution is -2.36. The lowest BCUT2D eigenvalue weighted by Gasteiger charge is -2.34. The first kappa shape index (κ1) is 31.1. The summed E-state index contributed by atoms with van der Waals surface area (Å²) in [6.07, 6.45) is -0.476. The molecule has 0 saturated carbocycles. The Labute approximate surface area is 238 Å². The van der Waals surface area contributed by atoms with Crippen LogP contribution in [0, 0.1) is 0 Å². The Morgan fingerprint density at radius 2 is 1.20 bits per heavy atom. The number of fused-ring (bicyclic) bond motifs is 1. The molecule has 1 aliphatic heterocycles. The minimum atomic E-state index is -1.16. The number of benzene rings is 2. The van der Waals surface area contributed by atoms with E-state index in [1.807, 2.05) is 0 Å². The summed E-state index contributed by atoms with van der Waals surface area (Å²) in [7, 11) is 0. The number of rotatable bonds is 11. The average Bonchev–Trinajstić information content (AvgIpc) is 2.97. The Bertz CT molecular complexity index is 1310. The highest BCUT2D eigenvalue weighted by Crippen LogP contribution is 2.46. The monoisotopic (exact) mass is 570 g/mol. The van der Waals surface area contributed by atoms with Gasteiger partial charge >= 0.3 is 29.8 Å². The van der Waals surface area contributed by atoms with Crippen LogP contribution < -0.4 is 23.7 Å². The van der Waals surface area contributed by atoms with Gasteiger partial charge in [0.2, 0.25) is 0 Å². The molecule has 0 aliphatic carbocycles. The lowest BCUT2D eigenvalue weighted by atomic mass is 9.88. The first-order chi connectivity index (χ1) is 19.6. The van der Waals surface area contributed by atoms with Crippen LogP contribution in [0.4, 0.5) is 0 Å². The van der Waals surface area contributed by atoms with Crippen LogP contribution in [-0.4, -0.2) is 36.1 Å². The summed E-state index contributed by atoms with van der Waals surface area (Å²) in [6.45, 7) is 8.17. The molecule has 2 aromatic carbocycles. The molecule has 0 aromatic heterocycles. The molecule has 2 atom stereocenters. The predicted molar refractivity (Wildman–Crippen MR) is 144 cm³/mol. The van der Waals surface area contributed by atoms with Gasteiger partial charge in [0.05, 0.1) is 5.92 Å². The Kier molecular flexibility index (Phi) is 10.8. The van der Waals surface area contributed by atoms with E-state index in [4.69, 9.17) is 28.4 Å². The maximum absolute atomic E-state index is 12.4. The second kappa shape index (κ2) is 14.3. The molecule has 0 bridgehead atoms. The molecule has 1 aliphatic rings. The van der Waals surface area contributed by atoms with Crippen molar-refractivity contribution < 1.29 is 52.4 Å². The van der Waals surface area contributed by atoms with Gasteiger partial charge in [-0.3, -0.25) is 24.0 Å². The molecule has 3 rings (SSSR count). The maximum atomic E-state index is 12.4. The first-order valence-corrected chi connectivity index (χ1v) is 13.6. The molecule has 0 unspecified atom stereocenters. The fourth-order valence-corrected chi connectivity index (χ4v) is 3.88. The van der Waals surface area contributed by atoms with E-state index in [0.29, 0.717) is 11.1 Å². The van der Waals surface area contributed by atoms with Gasteiger partial charge in [0.25, 0.3) is 6.29 Å². The minimum absolute atomic E-state index is 0.0173. The third-order valence-electron chi connectivity index (χ3n) is 6.10. The quantitative estimate of drug-likeness (QED) is 0.268. The fourth-order valence-electron chi connectivity index (χ4n) is 3.88. The van der Waals surface area contributed by atoms with Crippen molar-refractivity contribution in [1.82, 2.24) is 0 Å². The van der Waals surface area contributed by atoms with Crippen molar-refractivity contribution in [2.24, 2.45) is 0 Å². The molecule has 11 nitrogen and oxygen atoms in total. The van der Waals surface area contributed by atoms with Crippen LogP contribution in [0.2, 0.25) is 0 Å². The van der Waals surface area contributed by atoms with Crippen molar-refractivity contribution >= 4 is 29.8 Å². The lowest BCUT2D eigenvalue weighted by molar-refractivity contribution is -0.168. The highest BCUT2D eigenvalue weighted by atomic mass is 16.7. The first-order valence-electron chi connectivity index (χ1n) is 13.6. The summed E-state index contributed by atoms with van der Waals surface area (Å²) in [5.41, 5.74) is 1.07. The van der Waals surface area contributed by atoms with Gasteiger partial charge in [0.15, 0.2) is 23.0 Å². The van der Waals surface area contributed by atoms with E-state index in [1.54, 1.807) is 46.8 Å². The van der Waals surface area contributed by atoms with Crippen molar-refractivity contribution in [3.63, 3.8) is 0 Å². The van der Waals surface area contributed by atoms with Crippen LogP contribution in [0.15, 0.2) is 30.3 Å². The summed E-state index contributed by atoms with van der Waals surface area (Å²) >= 11 is 0. The van der Waals surface area contributed by atoms with Crippen LogP contribution >= 0.6 is 0 Å². The van der Waals surface area contributed by atoms with Crippen molar-refractivity contribution in [1.29, 1.82) is 0 Å². The minimum Gasteiger partial charge on any atom is -0.450 e. The largest absolute Gasteiger partial charge is 0.450 e. The predicted octanol–water partition coefficient (Wildman–Crippen LogP) is 4.95. The van der Waals surface area contributed by atoms with Crippen LogP contribution in [-0.2, 0) is 35.1 Å². The second-order valence-electron chi connectivity index (χ2n) is 9.07. The molecule has 2 aromatic rings. The smallest absolute Gasteiger partial charge is 0.311 e. The Morgan fingerprint density at radius 3 is 1.78 bits per heavy atom. The summed E-state index contributed by atoms with van der Waals surface area (Å²) < 4.78 is 33.4. The molecule has 0 radical (unpaired) electrons. The van der Waals surface area contributed by atoms with Gasteiger partial charge in [0.1, 0.15) is 5.75 Å². The zero-order valence-corrected chi connectivity index (χ0v) is 23.8. The van der Waals surface area contributed by atoms with Gasteiger partial charge < -0.3 is 28.4 Å². The maximum Gasteiger partial charge on any atom is 0.311 e. The summed E-state index contributed by atoms with van der Waals surface area (Å²) in [5.74, 6) is -2.84. The molecule has 0 N–H and O–H groups in total. The van der Waals surface area contributed by atoms with E-state index in [1.165, 1.54) is 18.2 Å². The van der Waals surface area contributed by atoms with Crippen LogP contribution in [0.5, 0.6) is 28.7 Å². The van der Waals surface area contributed by atoms with Gasteiger partial charge in [0, 0.05) is 43.7 Å². The summed E-state index contributed by atoms with van der Waals surface area (Å²) in [5, 5.41) is 0. The van der Waals surface area contributed by atoms with E-state index >= 15 is 0 Å². The SMILES string of the molecule is CCC(=O)Oc1cc2c(c(OC(=O)CC)c1)O[C@H](OC(=O)CC)[C@@H](c1ccc(OC(=O)CC)c(OC(=O)CC)c1)C2. The molecule has 220 valence electrons. The molecule has 0 saturated heterocycles. The van der Waals surface area contributed by atoms with Gasteiger partial charge in [-0.25, -0.2) is 0 Å². The molecule has 41 heavy (non-hydrogen) atoms. The Morgan fingerprint density at radius 1 is 0.659 bits per heavy atom. The Hall–Kier alpha value is -4.41. The normalized spacial score (nSPS) is 15.5. The zero-order chi connectivity index (χ0) is 30.1.